The van der Waals surface area contributed by atoms with Crippen LogP contribution in [0, 0.1) is 0 Å². The molecule has 1 aromatic rings. The Morgan fingerprint density at radius 2 is 1.62 bits per heavy atom. The van der Waals surface area contributed by atoms with Gasteiger partial charge in [-0.3, -0.25) is 0 Å². The summed E-state index contributed by atoms with van der Waals surface area (Å²) in [6.45, 7) is 10.6. The second-order valence-corrected chi connectivity index (χ2v) is 4.74. The lowest BCUT2D eigenvalue weighted by Gasteiger charge is -2.26. The molecular formula is C13H22ClF3N4. The molecule has 0 bridgehead atoms. The van der Waals surface area contributed by atoms with Gasteiger partial charge in [-0.15, -0.1) is 0 Å². The van der Waals surface area contributed by atoms with Crippen LogP contribution in [-0.2, 0) is 6.18 Å². The minimum Gasteiger partial charge on any atom is -0.314 e. The smallest absolute Gasteiger partial charge is 0.314 e. The van der Waals surface area contributed by atoms with Gasteiger partial charge < -0.3 is 10.6 Å². The fourth-order valence-corrected chi connectivity index (χ4v) is 1.68. The van der Waals surface area contributed by atoms with Gasteiger partial charge in [-0.1, -0.05) is 25.4 Å². The Labute approximate surface area is 128 Å². The summed E-state index contributed by atoms with van der Waals surface area (Å²) in [5.41, 5.74) is -1.04. The summed E-state index contributed by atoms with van der Waals surface area (Å²) in [7, 11) is 0. The first-order valence-corrected chi connectivity index (χ1v) is 7.18. The summed E-state index contributed by atoms with van der Waals surface area (Å²) < 4.78 is 35.3. The molecule has 1 saturated heterocycles. The maximum absolute atomic E-state index is 11.8. The van der Waals surface area contributed by atoms with Crippen molar-refractivity contribution in [2.24, 2.45) is 0 Å². The van der Waals surface area contributed by atoms with Crippen LogP contribution in [0.5, 0.6) is 0 Å². The van der Waals surface area contributed by atoms with Gasteiger partial charge in [-0.25, -0.2) is 9.97 Å². The molecule has 4 nitrogen and oxygen atoms in total. The predicted molar refractivity (Wildman–Crippen MR) is 78.3 cm³/mol. The molecule has 2 N–H and O–H groups in total. The van der Waals surface area contributed by atoms with Crippen molar-refractivity contribution in [3.63, 3.8) is 0 Å². The van der Waals surface area contributed by atoms with Crippen LogP contribution >= 0.6 is 11.6 Å². The van der Waals surface area contributed by atoms with E-state index < -0.39 is 11.9 Å². The Hall–Kier alpha value is -0.920. The number of nitrogens with zero attached hydrogens (tertiary/aromatic N) is 2. The van der Waals surface area contributed by atoms with E-state index in [-0.39, 0.29) is 5.15 Å². The third kappa shape index (κ3) is 8.85. The lowest BCUT2D eigenvalue weighted by Crippen LogP contribution is -2.52. The third-order valence-electron chi connectivity index (χ3n) is 2.38. The first kappa shape index (κ1) is 20.1. The Morgan fingerprint density at radius 3 is 1.90 bits per heavy atom. The van der Waals surface area contributed by atoms with Gasteiger partial charge in [0.05, 0.1) is 12.4 Å². The molecule has 0 amide bonds. The van der Waals surface area contributed by atoms with Crippen molar-refractivity contribution in [2.75, 3.05) is 13.1 Å². The third-order valence-corrected chi connectivity index (χ3v) is 2.58. The largest absolute Gasteiger partial charge is 0.434 e. The SMILES string of the molecule is CC.C[C@@H]1CNC[C@H](C)N1.FC(F)(F)c1cnc(Cl)cn1. The molecule has 1 fully saturated rings. The van der Waals surface area contributed by atoms with Crippen LogP contribution < -0.4 is 10.6 Å². The zero-order chi connectivity index (χ0) is 16.5. The second-order valence-electron chi connectivity index (χ2n) is 4.35. The number of hydrogen-bond donors (Lipinski definition) is 2. The van der Waals surface area contributed by atoms with Crippen LogP contribution in [0.2, 0.25) is 5.15 Å². The molecule has 2 rings (SSSR count). The molecule has 0 saturated carbocycles. The Kier molecular flexibility index (Phi) is 9.48. The van der Waals surface area contributed by atoms with Gasteiger partial charge in [0.1, 0.15) is 5.15 Å². The predicted octanol–water partition coefficient (Wildman–Crippen LogP) is 3.13. The highest BCUT2D eigenvalue weighted by molar-refractivity contribution is 6.29. The van der Waals surface area contributed by atoms with Crippen molar-refractivity contribution in [1.29, 1.82) is 0 Å². The van der Waals surface area contributed by atoms with Crippen molar-refractivity contribution in [3.8, 4) is 0 Å². The summed E-state index contributed by atoms with van der Waals surface area (Å²) in [5, 5.41) is 6.68. The van der Waals surface area contributed by atoms with Gasteiger partial charge in [-0.2, -0.15) is 13.2 Å². The van der Waals surface area contributed by atoms with Crippen molar-refractivity contribution in [2.45, 2.75) is 46.0 Å². The number of alkyl halides is 3. The molecule has 0 aliphatic carbocycles. The molecule has 122 valence electrons. The van der Waals surface area contributed by atoms with E-state index in [9.17, 15) is 13.2 Å². The summed E-state index contributed by atoms with van der Waals surface area (Å²) in [5.74, 6) is 0. The van der Waals surface area contributed by atoms with Crippen LogP contribution in [0.3, 0.4) is 0 Å². The Morgan fingerprint density at radius 1 is 1.10 bits per heavy atom. The molecule has 0 aromatic carbocycles. The number of hydrogen-bond acceptors (Lipinski definition) is 4. The van der Waals surface area contributed by atoms with Gasteiger partial charge in [0.25, 0.3) is 0 Å². The first-order chi connectivity index (χ1) is 9.79. The van der Waals surface area contributed by atoms with Crippen molar-refractivity contribution < 1.29 is 13.2 Å². The molecule has 2 atom stereocenters. The molecular weight excluding hydrogens is 305 g/mol. The zero-order valence-electron chi connectivity index (χ0n) is 12.6. The molecule has 0 spiro atoms. The second kappa shape index (κ2) is 9.92. The van der Waals surface area contributed by atoms with Gasteiger partial charge >= 0.3 is 6.18 Å². The molecule has 8 heteroatoms. The van der Waals surface area contributed by atoms with E-state index in [0.717, 1.165) is 19.3 Å². The molecule has 0 unspecified atom stereocenters. The maximum atomic E-state index is 11.8. The highest BCUT2D eigenvalue weighted by Gasteiger charge is 2.32. The number of rotatable bonds is 0. The normalized spacial score (nSPS) is 21.5. The lowest BCUT2D eigenvalue weighted by molar-refractivity contribution is -0.141. The van der Waals surface area contributed by atoms with E-state index in [1.165, 1.54) is 0 Å². The van der Waals surface area contributed by atoms with E-state index >= 15 is 0 Å². The summed E-state index contributed by atoms with van der Waals surface area (Å²) in [6.07, 6.45) is -3.01. The van der Waals surface area contributed by atoms with Gasteiger partial charge in [-0.05, 0) is 13.8 Å². The zero-order valence-corrected chi connectivity index (χ0v) is 13.4. The maximum Gasteiger partial charge on any atom is 0.434 e. The molecule has 1 aliphatic rings. The Bertz CT molecular complexity index is 376. The van der Waals surface area contributed by atoms with Gasteiger partial charge in [0, 0.05) is 25.2 Å². The molecule has 21 heavy (non-hydrogen) atoms. The summed E-state index contributed by atoms with van der Waals surface area (Å²) >= 11 is 5.22. The average molecular weight is 327 g/mol. The van der Waals surface area contributed by atoms with E-state index in [2.05, 4.69) is 34.4 Å². The molecule has 2 heterocycles. The number of piperazine rings is 1. The van der Waals surface area contributed by atoms with Crippen LogP contribution in [0.4, 0.5) is 13.2 Å². The fraction of sp³-hybridized carbons (Fsp3) is 0.692. The number of aromatic nitrogens is 2. The van der Waals surface area contributed by atoms with Gasteiger partial charge in [0.2, 0.25) is 0 Å². The summed E-state index contributed by atoms with van der Waals surface area (Å²) in [4.78, 5) is 6.26. The van der Waals surface area contributed by atoms with Crippen molar-refractivity contribution in [3.05, 3.63) is 23.2 Å². The average Bonchev–Trinajstić information content (AvgIpc) is 2.41. The van der Waals surface area contributed by atoms with E-state index in [0.29, 0.717) is 18.3 Å². The monoisotopic (exact) mass is 326 g/mol. The summed E-state index contributed by atoms with van der Waals surface area (Å²) in [6, 6.07) is 1.30. The minimum atomic E-state index is -4.45. The van der Waals surface area contributed by atoms with Crippen molar-refractivity contribution in [1.82, 2.24) is 20.6 Å². The highest BCUT2D eigenvalue weighted by Crippen LogP contribution is 2.26. The number of halogens is 4. The van der Waals surface area contributed by atoms with Crippen LogP contribution in [0.15, 0.2) is 12.4 Å². The minimum absolute atomic E-state index is 0.0574. The number of nitrogens with one attached hydrogen (secondary N) is 2. The topological polar surface area (TPSA) is 49.8 Å². The molecule has 1 aromatic heterocycles. The van der Waals surface area contributed by atoms with E-state index in [1.807, 2.05) is 13.8 Å². The molecule has 0 radical (unpaired) electrons. The lowest BCUT2D eigenvalue weighted by atomic mass is 10.2. The van der Waals surface area contributed by atoms with Crippen molar-refractivity contribution >= 4 is 11.6 Å². The van der Waals surface area contributed by atoms with Gasteiger partial charge in [0.15, 0.2) is 5.69 Å². The fourth-order valence-electron chi connectivity index (χ4n) is 1.58. The van der Waals surface area contributed by atoms with Crippen LogP contribution in [0.1, 0.15) is 33.4 Å². The standard InChI is InChI=1S/C6H14N2.C5H2ClF3N2.C2H6/c1-5-3-7-4-6(2)8-5;6-4-2-10-3(1-11-4)5(7,8)9;1-2/h5-8H,3-4H2,1-2H3;1-2H;1-2H3/t5-,6+;;. The first-order valence-electron chi connectivity index (χ1n) is 6.80. The van der Waals surface area contributed by atoms with Crippen LogP contribution in [0.25, 0.3) is 0 Å². The van der Waals surface area contributed by atoms with Crippen LogP contribution in [-0.4, -0.2) is 35.1 Å². The highest BCUT2D eigenvalue weighted by atomic mass is 35.5. The quantitative estimate of drug-likeness (QED) is 0.769. The Balaban J connectivity index is 0.000000354. The van der Waals surface area contributed by atoms with E-state index in [4.69, 9.17) is 11.6 Å². The van der Waals surface area contributed by atoms with E-state index in [1.54, 1.807) is 0 Å². The molecule has 1 aliphatic heterocycles.